The number of nitrogens with one attached hydrogen (secondary N) is 3. The maximum absolute atomic E-state index is 12.1. The van der Waals surface area contributed by atoms with Crippen LogP contribution in [0.25, 0.3) is 0 Å². The number of amides is 3. The number of rotatable bonds is 9. The maximum Gasteiger partial charge on any atom is 0.287 e. The molecule has 0 saturated heterocycles. The average molecular weight is 415 g/mol. The topological polar surface area (TPSA) is 119 Å². The molecular weight excluding hydrogens is 390 g/mol. The molecule has 3 rings (SSSR count). The minimum Gasteiger partial charge on any atom is -0.494 e. The SMILES string of the molecule is CCOc1cc2c(cc1CNC(=O)CNC(=O)CNC(=O)c1ccco1)O[C@H](C)C2. The van der Waals surface area contributed by atoms with Gasteiger partial charge in [-0.15, -0.1) is 0 Å². The summed E-state index contributed by atoms with van der Waals surface area (Å²) in [6.07, 6.45) is 2.30. The fourth-order valence-electron chi connectivity index (χ4n) is 3.06. The molecule has 1 atom stereocenters. The van der Waals surface area contributed by atoms with Crippen LogP contribution in [0.2, 0.25) is 0 Å². The molecule has 2 heterocycles. The van der Waals surface area contributed by atoms with E-state index >= 15 is 0 Å². The number of hydrogen-bond acceptors (Lipinski definition) is 6. The fourth-order valence-corrected chi connectivity index (χ4v) is 3.06. The van der Waals surface area contributed by atoms with E-state index in [1.165, 1.54) is 12.3 Å². The van der Waals surface area contributed by atoms with Crippen molar-refractivity contribution in [1.29, 1.82) is 0 Å². The summed E-state index contributed by atoms with van der Waals surface area (Å²) in [7, 11) is 0. The summed E-state index contributed by atoms with van der Waals surface area (Å²) in [5.74, 6) is 0.266. The monoisotopic (exact) mass is 415 g/mol. The van der Waals surface area contributed by atoms with Crippen LogP contribution in [0.3, 0.4) is 0 Å². The Morgan fingerprint density at radius 1 is 1.13 bits per heavy atom. The lowest BCUT2D eigenvalue weighted by Gasteiger charge is -2.13. The molecule has 1 aromatic heterocycles. The summed E-state index contributed by atoms with van der Waals surface area (Å²) in [4.78, 5) is 35.6. The minimum atomic E-state index is -0.504. The summed E-state index contributed by atoms with van der Waals surface area (Å²) in [5, 5.41) is 7.61. The van der Waals surface area contributed by atoms with E-state index < -0.39 is 11.8 Å². The van der Waals surface area contributed by atoms with Crippen molar-refractivity contribution >= 4 is 17.7 Å². The molecule has 9 nitrogen and oxygen atoms in total. The van der Waals surface area contributed by atoms with Crippen LogP contribution in [0, 0.1) is 0 Å². The van der Waals surface area contributed by atoms with E-state index in [1.807, 2.05) is 26.0 Å². The van der Waals surface area contributed by atoms with Crippen LogP contribution in [-0.2, 0) is 22.6 Å². The molecule has 1 aliphatic rings. The fraction of sp³-hybridized carbons (Fsp3) is 0.381. The molecule has 0 fully saturated rings. The third-order valence-electron chi connectivity index (χ3n) is 4.46. The zero-order valence-corrected chi connectivity index (χ0v) is 16.9. The molecule has 9 heteroatoms. The summed E-state index contributed by atoms with van der Waals surface area (Å²) >= 11 is 0. The Bertz CT molecular complexity index is 910. The number of hydrogen-bond donors (Lipinski definition) is 3. The van der Waals surface area contributed by atoms with Gasteiger partial charge < -0.3 is 29.8 Å². The van der Waals surface area contributed by atoms with E-state index in [0.717, 1.165) is 23.3 Å². The van der Waals surface area contributed by atoms with Crippen LogP contribution in [0.4, 0.5) is 0 Å². The zero-order valence-electron chi connectivity index (χ0n) is 16.9. The molecule has 3 N–H and O–H groups in total. The Morgan fingerprint density at radius 2 is 1.90 bits per heavy atom. The zero-order chi connectivity index (χ0) is 21.5. The van der Waals surface area contributed by atoms with Gasteiger partial charge >= 0.3 is 0 Å². The largest absolute Gasteiger partial charge is 0.494 e. The van der Waals surface area contributed by atoms with Crippen molar-refractivity contribution < 1.29 is 28.3 Å². The smallest absolute Gasteiger partial charge is 0.287 e. The Morgan fingerprint density at radius 3 is 2.63 bits per heavy atom. The molecule has 0 aliphatic carbocycles. The Balaban J connectivity index is 1.45. The second-order valence-corrected chi connectivity index (χ2v) is 6.85. The van der Waals surface area contributed by atoms with Crippen LogP contribution in [-0.4, -0.2) is 43.5 Å². The number of fused-ring (bicyclic) bond motifs is 1. The second kappa shape index (κ2) is 9.82. The quantitative estimate of drug-likeness (QED) is 0.566. The van der Waals surface area contributed by atoms with Crippen molar-refractivity contribution in [3.63, 3.8) is 0 Å². The van der Waals surface area contributed by atoms with Gasteiger partial charge in [-0.25, -0.2) is 0 Å². The van der Waals surface area contributed by atoms with Crippen molar-refractivity contribution in [3.8, 4) is 11.5 Å². The van der Waals surface area contributed by atoms with Crippen molar-refractivity contribution in [1.82, 2.24) is 16.0 Å². The van der Waals surface area contributed by atoms with Gasteiger partial charge in [0.1, 0.15) is 17.6 Å². The molecule has 0 spiro atoms. The highest BCUT2D eigenvalue weighted by atomic mass is 16.5. The molecule has 1 aliphatic heterocycles. The highest BCUT2D eigenvalue weighted by molar-refractivity contribution is 5.94. The van der Waals surface area contributed by atoms with Gasteiger partial charge in [0.15, 0.2) is 5.76 Å². The summed E-state index contributed by atoms with van der Waals surface area (Å²) in [6, 6.07) is 6.89. The first-order chi connectivity index (χ1) is 14.5. The third-order valence-corrected chi connectivity index (χ3v) is 4.46. The molecule has 0 bridgehead atoms. The predicted molar refractivity (Wildman–Crippen MR) is 107 cm³/mol. The summed E-state index contributed by atoms with van der Waals surface area (Å²) < 4.78 is 16.4. The van der Waals surface area contributed by atoms with E-state index in [-0.39, 0.29) is 37.4 Å². The van der Waals surface area contributed by atoms with Crippen LogP contribution >= 0.6 is 0 Å². The van der Waals surface area contributed by atoms with Gasteiger partial charge in [0, 0.05) is 24.1 Å². The second-order valence-electron chi connectivity index (χ2n) is 6.85. The van der Waals surface area contributed by atoms with Gasteiger partial charge in [0.05, 0.1) is 26.0 Å². The predicted octanol–water partition coefficient (Wildman–Crippen LogP) is 1.16. The first-order valence-electron chi connectivity index (χ1n) is 9.76. The lowest BCUT2D eigenvalue weighted by molar-refractivity contribution is -0.125. The van der Waals surface area contributed by atoms with Crippen LogP contribution in [0.1, 0.15) is 35.5 Å². The van der Waals surface area contributed by atoms with Gasteiger partial charge in [-0.3, -0.25) is 14.4 Å². The molecular formula is C21H25N3O6. The van der Waals surface area contributed by atoms with Crippen LogP contribution in [0.5, 0.6) is 11.5 Å². The first-order valence-corrected chi connectivity index (χ1v) is 9.76. The Hall–Kier alpha value is -3.49. The lowest BCUT2D eigenvalue weighted by atomic mass is 10.1. The number of carbonyl (C=O) groups excluding carboxylic acids is 3. The van der Waals surface area contributed by atoms with E-state index in [2.05, 4.69) is 16.0 Å². The molecule has 0 unspecified atom stereocenters. The third kappa shape index (κ3) is 5.53. The van der Waals surface area contributed by atoms with Crippen LogP contribution < -0.4 is 25.4 Å². The van der Waals surface area contributed by atoms with Crippen molar-refractivity contribution in [3.05, 3.63) is 47.4 Å². The number of furan rings is 1. The Kier molecular flexibility index (Phi) is 6.95. The van der Waals surface area contributed by atoms with Gasteiger partial charge in [-0.1, -0.05) is 0 Å². The normalized spacial score (nSPS) is 14.4. The average Bonchev–Trinajstić information content (AvgIpc) is 3.37. The molecule has 1 aromatic carbocycles. The first kappa shape index (κ1) is 21.2. The molecule has 30 heavy (non-hydrogen) atoms. The molecule has 3 amide bonds. The van der Waals surface area contributed by atoms with Gasteiger partial charge in [0.2, 0.25) is 11.8 Å². The molecule has 0 saturated carbocycles. The number of ether oxygens (including phenoxy) is 2. The highest BCUT2D eigenvalue weighted by Gasteiger charge is 2.22. The molecule has 0 radical (unpaired) electrons. The standard InChI is InChI=1S/C21H25N3O6/c1-3-28-17-8-14-7-13(2)30-18(14)9-15(17)10-22-19(25)11-23-20(26)12-24-21(27)16-5-4-6-29-16/h4-6,8-9,13H,3,7,10-12H2,1-2H3,(H,22,25)(H,23,26)(H,24,27)/t13-/m1/s1. The Labute approximate surface area is 174 Å². The minimum absolute atomic E-state index is 0.110. The van der Waals surface area contributed by atoms with Crippen molar-refractivity contribution in [2.24, 2.45) is 0 Å². The van der Waals surface area contributed by atoms with Gasteiger partial charge in [-0.2, -0.15) is 0 Å². The van der Waals surface area contributed by atoms with Crippen molar-refractivity contribution in [2.75, 3.05) is 19.7 Å². The maximum atomic E-state index is 12.1. The van der Waals surface area contributed by atoms with E-state index in [0.29, 0.717) is 12.4 Å². The van der Waals surface area contributed by atoms with E-state index in [9.17, 15) is 14.4 Å². The summed E-state index contributed by atoms with van der Waals surface area (Å²) in [6.45, 7) is 4.18. The van der Waals surface area contributed by atoms with Crippen molar-refractivity contribution in [2.45, 2.75) is 32.9 Å². The van der Waals surface area contributed by atoms with Gasteiger partial charge in [0.25, 0.3) is 5.91 Å². The summed E-state index contributed by atoms with van der Waals surface area (Å²) in [5.41, 5.74) is 1.89. The highest BCUT2D eigenvalue weighted by Crippen LogP contribution is 2.35. The lowest BCUT2D eigenvalue weighted by Crippen LogP contribution is -2.41. The van der Waals surface area contributed by atoms with Gasteiger partial charge in [-0.05, 0) is 38.1 Å². The number of carbonyl (C=O) groups is 3. The molecule has 160 valence electrons. The van der Waals surface area contributed by atoms with E-state index in [1.54, 1.807) is 6.07 Å². The van der Waals surface area contributed by atoms with Crippen LogP contribution in [0.15, 0.2) is 34.9 Å². The number of benzene rings is 1. The molecule has 2 aromatic rings. The van der Waals surface area contributed by atoms with E-state index in [4.69, 9.17) is 13.9 Å².